The summed E-state index contributed by atoms with van der Waals surface area (Å²) >= 11 is 5.88. The van der Waals surface area contributed by atoms with Crippen LogP contribution in [-0.2, 0) is 9.59 Å². The predicted octanol–water partition coefficient (Wildman–Crippen LogP) is 5.74. The van der Waals surface area contributed by atoms with E-state index in [1.54, 1.807) is 53.4 Å². The van der Waals surface area contributed by atoms with E-state index in [2.05, 4.69) is 11.4 Å². The molecule has 4 rings (SSSR count). The molecule has 0 bridgehead atoms. The number of anilines is 2. The molecule has 1 saturated heterocycles. The number of rotatable bonds is 5. The van der Waals surface area contributed by atoms with Crippen LogP contribution in [0.3, 0.4) is 0 Å². The van der Waals surface area contributed by atoms with Gasteiger partial charge in [-0.05, 0) is 85.6 Å². The fourth-order valence-corrected chi connectivity index (χ4v) is 3.85. The highest BCUT2D eigenvalue weighted by Crippen LogP contribution is 2.28. The van der Waals surface area contributed by atoms with Crippen LogP contribution >= 0.6 is 11.6 Å². The minimum absolute atomic E-state index is 0.0307. The second kappa shape index (κ2) is 8.82. The number of nitrogens with zero attached hydrogens (tertiary/aromatic N) is 1. The number of benzene rings is 3. The van der Waals surface area contributed by atoms with Crippen LogP contribution in [0.15, 0.2) is 66.7 Å². The van der Waals surface area contributed by atoms with E-state index in [0.717, 1.165) is 16.8 Å². The molecule has 3 aromatic carbocycles. The number of carbonyl (C=O) groups excluding carboxylic acids is 2. The zero-order valence-corrected chi connectivity index (χ0v) is 18.1. The SMILES string of the molecule is Cc1cc(C)cc(N2C[C@@H](C(=O)Nc3ccc(Oc4ccc(Cl)cc4)cc3)CC2=O)c1. The third kappa shape index (κ3) is 5.06. The van der Waals surface area contributed by atoms with Crippen molar-refractivity contribution in [2.24, 2.45) is 5.92 Å². The fraction of sp³-hybridized carbons (Fsp3) is 0.200. The van der Waals surface area contributed by atoms with Crippen molar-refractivity contribution in [1.82, 2.24) is 0 Å². The summed E-state index contributed by atoms with van der Waals surface area (Å²) in [6.45, 7) is 4.38. The molecule has 1 heterocycles. The molecule has 1 atom stereocenters. The van der Waals surface area contributed by atoms with Gasteiger partial charge in [0.2, 0.25) is 11.8 Å². The van der Waals surface area contributed by atoms with Gasteiger partial charge in [-0.2, -0.15) is 0 Å². The van der Waals surface area contributed by atoms with Crippen LogP contribution in [-0.4, -0.2) is 18.4 Å². The van der Waals surface area contributed by atoms with Crippen molar-refractivity contribution in [2.45, 2.75) is 20.3 Å². The molecule has 3 aromatic rings. The summed E-state index contributed by atoms with van der Waals surface area (Å²) in [5.41, 5.74) is 3.69. The topological polar surface area (TPSA) is 58.6 Å². The largest absolute Gasteiger partial charge is 0.457 e. The third-order valence-electron chi connectivity index (χ3n) is 5.19. The molecule has 0 spiro atoms. The highest BCUT2D eigenvalue weighted by atomic mass is 35.5. The molecular formula is C25H23ClN2O3. The maximum Gasteiger partial charge on any atom is 0.229 e. The van der Waals surface area contributed by atoms with Crippen molar-refractivity contribution in [3.05, 3.63) is 82.9 Å². The second-order valence-electron chi connectivity index (χ2n) is 7.82. The van der Waals surface area contributed by atoms with Gasteiger partial charge in [-0.25, -0.2) is 0 Å². The summed E-state index contributed by atoms with van der Waals surface area (Å²) in [6.07, 6.45) is 0.205. The number of aryl methyl sites for hydroxylation is 2. The van der Waals surface area contributed by atoms with Gasteiger partial charge >= 0.3 is 0 Å². The van der Waals surface area contributed by atoms with Crippen LogP contribution in [0.25, 0.3) is 0 Å². The molecule has 0 aliphatic carbocycles. The smallest absolute Gasteiger partial charge is 0.229 e. The molecule has 0 aromatic heterocycles. The number of carbonyl (C=O) groups is 2. The average Bonchev–Trinajstić information content (AvgIpc) is 3.12. The molecular weight excluding hydrogens is 412 g/mol. The Hall–Kier alpha value is -3.31. The Kier molecular flexibility index (Phi) is 5.96. The van der Waals surface area contributed by atoms with E-state index in [1.165, 1.54) is 0 Å². The van der Waals surface area contributed by atoms with E-state index in [0.29, 0.717) is 28.8 Å². The molecule has 1 fully saturated rings. The zero-order chi connectivity index (χ0) is 22.0. The summed E-state index contributed by atoms with van der Waals surface area (Å²) in [7, 11) is 0. The summed E-state index contributed by atoms with van der Waals surface area (Å²) in [5, 5.41) is 3.55. The summed E-state index contributed by atoms with van der Waals surface area (Å²) < 4.78 is 5.77. The fourth-order valence-electron chi connectivity index (χ4n) is 3.73. The van der Waals surface area contributed by atoms with Crippen molar-refractivity contribution in [2.75, 3.05) is 16.8 Å². The first-order chi connectivity index (χ1) is 14.9. The highest BCUT2D eigenvalue weighted by Gasteiger charge is 2.35. The first-order valence-electron chi connectivity index (χ1n) is 10.1. The van der Waals surface area contributed by atoms with E-state index in [4.69, 9.17) is 16.3 Å². The van der Waals surface area contributed by atoms with Crippen molar-refractivity contribution in [3.63, 3.8) is 0 Å². The Bertz CT molecular complexity index is 1090. The van der Waals surface area contributed by atoms with Gasteiger partial charge in [0.1, 0.15) is 11.5 Å². The van der Waals surface area contributed by atoms with Gasteiger partial charge < -0.3 is 15.0 Å². The van der Waals surface area contributed by atoms with E-state index >= 15 is 0 Å². The summed E-state index contributed by atoms with van der Waals surface area (Å²) in [6, 6.07) is 20.2. The number of hydrogen-bond acceptors (Lipinski definition) is 3. The Morgan fingerprint density at radius 2 is 1.55 bits per heavy atom. The highest BCUT2D eigenvalue weighted by molar-refractivity contribution is 6.30. The van der Waals surface area contributed by atoms with Gasteiger partial charge in [0, 0.05) is 29.4 Å². The van der Waals surface area contributed by atoms with Gasteiger partial charge in [-0.1, -0.05) is 17.7 Å². The molecule has 5 nitrogen and oxygen atoms in total. The normalized spacial score (nSPS) is 15.8. The number of amides is 2. The quantitative estimate of drug-likeness (QED) is 0.557. The second-order valence-corrected chi connectivity index (χ2v) is 8.26. The van der Waals surface area contributed by atoms with Crippen molar-refractivity contribution >= 4 is 34.8 Å². The number of ether oxygens (including phenoxy) is 1. The van der Waals surface area contributed by atoms with E-state index in [1.807, 2.05) is 26.0 Å². The maximum absolute atomic E-state index is 12.7. The molecule has 1 N–H and O–H groups in total. The van der Waals surface area contributed by atoms with Crippen LogP contribution in [0.4, 0.5) is 11.4 Å². The molecule has 2 amide bonds. The number of nitrogens with one attached hydrogen (secondary N) is 1. The standard InChI is InChI=1S/C25H23ClN2O3/c1-16-11-17(2)13-21(12-16)28-15-18(14-24(28)29)25(30)27-20-5-9-23(10-6-20)31-22-7-3-19(26)4-8-22/h3-13,18H,14-15H2,1-2H3,(H,27,30)/t18-/m0/s1. The molecule has 1 aliphatic heterocycles. The van der Waals surface area contributed by atoms with Crippen molar-refractivity contribution in [3.8, 4) is 11.5 Å². The molecule has 0 radical (unpaired) electrons. The Balaban J connectivity index is 1.38. The minimum Gasteiger partial charge on any atom is -0.457 e. The average molecular weight is 435 g/mol. The van der Waals surface area contributed by atoms with Gasteiger partial charge in [-0.15, -0.1) is 0 Å². The summed E-state index contributed by atoms with van der Waals surface area (Å²) in [4.78, 5) is 27.0. The van der Waals surface area contributed by atoms with E-state index in [-0.39, 0.29) is 18.2 Å². The molecule has 0 saturated carbocycles. The van der Waals surface area contributed by atoms with Crippen LogP contribution in [0.1, 0.15) is 17.5 Å². The maximum atomic E-state index is 12.7. The van der Waals surface area contributed by atoms with E-state index in [9.17, 15) is 9.59 Å². The van der Waals surface area contributed by atoms with Crippen LogP contribution < -0.4 is 15.0 Å². The van der Waals surface area contributed by atoms with Gasteiger partial charge in [-0.3, -0.25) is 9.59 Å². The van der Waals surface area contributed by atoms with Gasteiger partial charge in [0.15, 0.2) is 0 Å². The lowest BCUT2D eigenvalue weighted by atomic mass is 10.1. The van der Waals surface area contributed by atoms with Crippen LogP contribution in [0.2, 0.25) is 5.02 Å². The lowest BCUT2D eigenvalue weighted by molar-refractivity contribution is -0.122. The molecule has 158 valence electrons. The van der Waals surface area contributed by atoms with Crippen molar-refractivity contribution < 1.29 is 14.3 Å². The third-order valence-corrected chi connectivity index (χ3v) is 5.44. The first-order valence-corrected chi connectivity index (χ1v) is 10.5. The lowest BCUT2D eigenvalue weighted by Crippen LogP contribution is -2.28. The Morgan fingerprint density at radius 1 is 0.968 bits per heavy atom. The molecule has 0 unspecified atom stereocenters. The van der Waals surface area contributed by atoms with Crippen molar-refractivity contribution in [1.29, 1.82) is 0 Å². The predicted molar refractivity (Wildman–Crippen MR) is 123 cm³/mol. The van der Waals surface area contributed by atoms with Gasteiger partial charge in [0.05, 0.1) is 5.92 Å². The Morgan fingerprint density at radius 3 is 2.16 bits per heavy atom. The van der Waals surface area contributed by atoms with Crippen LogP contribution in [0, 0.1) is 19.8 Å². The Labute approximate surface area is 186 Å². The number of halogens is 1. The first kappa shape index (κ1) is 20.9. The molecule has 1 aliphatic rings. The van der Waals surface area contributed by atoms with E-state index < -0.39 is 5.92 Å². The molecule has 6 heteroatoms. The summed E-state index contributed by atoms with van der Waals surface area (Å²) in [5.74, 6) is 0.747. The zero-order valence-electron chi connectivity index (χ0n) is 17.4. The number of hydrogen-bond donors (Lipinski definition) is 1. The van der Waals surface area contributed by atoms with Gasteiger partial charge in [0.25, 0.3) is 0 Å². The minimum atomic E-state index is -0.390. The molecule has 31 heavy (non-hydrogen) atoms. The van der Waals surface area contributed by atoms with Crippen LogP contribution in [0.5, 0.6) is 11.5 Å². The lowest BCUT2D eigenvalue weighted by Gasteiger charge is -2.18. The monoisotopic (exact) mass is 434 g/mol.